The Labute approximate surface area is 71.8 Å². The molecular weight excluding hydrogens is 162 g/mol. The Hall–Kier alpha value is -0.690. The minimum atomic E-state index is -0.537. The van der Waals surface area contributed by atoms with Crippen LogP contribution in [0.1, 0.15) is 25.7 Å². The number of carbonyl (C=O) groups excluding carboxylic acids is 1. The lowest BCUT2D eigenvalue weighted by Gasteiger charge is -1.98. The van der Waals surface area contributed by atoms with Crippen LogP contribution in [0.25, 0.3) is 0 Å². The highest BCUT2D eigenvalue weighted by molar-refractivity contribution is 7.96. The van der Waals surface area contributed by atoms with Crippen LogP contribution >= 0.6 is 12.6 Å². The van der Waals surface area contributed by atoms with Crippen molar-refractivity contribution in [2.75, 3.05) is 6.61 Å². The van der Waals surface area contributed by atoms with Crippen LogP contribution in [0.4, 0.5) is 4.79 Å². The van der Waals surface area contributed by atoms with Gasteiger partial charge < -0.3 is 4.74 Å². The summed E-state index contributed by atoms with van der Waals surface area (Å²) in [6.45, 7) is 0.410. The lowest BCUT2D eigenvalue weighted by atomic mass is 10.2. The summed E-state index contributed by atoms with van der Waals surface area (Å²) in [5.41, 5.74) is 0. The Morgan fingerprint density at radius 3 is 2.73 bits per heavy atom. The van der Waals surface area contributed by atoms with Crippen molar-refractivity contribution in [1.82, 2.24) is 0 Å². The molecule has 0 aromatic heterocycles. The molecule has 0 radical (unpaired) electrons. The Bertz CT molecular complexity index is 153. The smallest absolute Gasteiger partial charge is 0.364 e. The maximum absolute atomic E-state index is 10.1. The Morgan fingerprint density at radius 2 is 2.18 bits per heavy atom. The van der Waals surface area contributed by atoms with Gasteiger partial charge in [0, 0.05) is 6.42 Å². The van der Waals surface area contributed by atoms with E-state index in [1.807, 2.05) is 6.07 Å². The van der Waals surface area contributed by atoms with Crippen molar-refractivity contribution in [1.29, 1.82) is 5.26 Å². The highest BCUT2D eigenvalue weighted by Gasteiger charge is 1.92. The van der Waals surface area contributed by atoms with Crippen LogP contribution in [0.5, 0.6) is 0 Å². The van der Waals surface area contributed by atoms with E-state index in [0.29, 0.717) is 13.0 Å². The normalized spacial score (nSPS) is 8.73. The number of unbranched alkanes of at least 4 members (excludes halogenated alkanes) is 3. The van der Waals surface area contributed by atoms with Gasteiger partial charge in [-0.25, -0.2) is 4.79 Å². The minimum absolute atomic E-state index is 0.410. The van der Waals surface area contributed by atoms with Gasteiger partial charge in [-0.3, -0.25) is 0 Å². The van der Waals surface area contributed by atoms with Gasteiger partial charge in [-0.1, -0.05) is 12.6 Å². The number of nitriles is 1. The fourth-order valence-electron chi connectivity index (χ4n) is 0.642. The van der Waals surface area contributed by atoms with Crippen molar-refractivity contribution < 1.29 is 9.53 Å². The summed E-state index contributed by atoms with van der Waals surface area (Å²) in [5, 5.41) is 7.63. The van der Waals surface area contributed by atoms with E-state index >= 15 is 0 Å². The molecule has 0 heterocycles. The second-order valence-corrected chi connectivity index (χ2v) is 2.45. The zero-order valence-corrected chi connectivity index (χ0v) is 7.14. The number of rotatable bonds is 5. The zero-order chi connectivity index (χ0) is 8.53. The number of nitrogens with zero attached hydrogens (tertiary/aromatic N) is 1. The van der Waals surface area contributed by atoms with Crippen LogP contribution in [-0.2, 0) is 4.74 Å². The number of carbonyl (C=O) groups is 1. The van der Waals surface area contributed by atoms with E-state index in [1.54, 1.807) is 0 Å². The van der Waals surface area contributed by atoms with Crippen molar-refractivity contribution in [3.05, 3.63) is 0 Å². The summed E-state index contributed by atoms with van der Waals surface area (Å²) in [6.07, 6.45) is 3.19. The SMILES string of the molecule is N#CCCCCCOC(=O)S. The van der Waals surface area contributed by atoms with Crippen LogP contribution in [0.15, 0.2) is 0 Å². The molecule has 0 fully saturated rings. The van der Waals surface area contributed by atoms with Gasteiger partial charge in [-0.2, -0.15) is 5.26 Å². The van der Waals surface area contributed by atoms with Crippen molar-refractivity contribution in [2.45, 2.75) is 25.7 Å². The molecule has 4 heteroatoms. The van der Waals surface area contributed by atoms with E-state index in [2.05, 4.69) is 17.4 Å². The molecule has 3 nitrogen and oxygen atoms in total. The first kappa shape index (κ1) is 10.3. The van der Waals surface area contributed by atoms with Gasteiger partial charge in [-0.05, 0) is 19.3 Å². The van der Waals surface area contributed by atoms with E-state index < -0.39 is 5.30 Å². The summed E-state index contributed by atoms with van der Waals surface area (Å²) < 4.78 is 4.56. The van der Waals surface area contributed by atoms with Gasteiger partial charge in [0.25, 0.3) is 0 Å². The largest absolute Gasteiger partial charge is 0.458 e. The van der Waals surface area contributed by atoms with Gasteiger partial charge in [0.05, 0.1) is 12.7 Å². The van der Waals surface area contributed by atoms with Gasteiger partial charge in [0.1, 0.15) is 0 Å². The molecule has 62 valence electrons. The molecule has 0 aliphatic rings. The van der Waals surface area contributed by atoms with Crippen molar-refractivity contribution in [2.24, 2.45) is 0 Å². The van der Waals surface area contributed by atoms with Gasteiger partial charge in [0.15, 0.2) is 0 Å². The molecule has 0 saturated carbocycles. The van der Waals surface area contributed by atoms with Crippen molar-refractivity contribution >= 4 is 17.9 Å². The molecule has 0 bridgehead atoms. The molecule has 11 heavy (non-hydrogen) atoms. The van der Waals surface area contributed by atoms with Crippen molar-refractivity contribution in [3.8, 4) is 6.07 Å². The highest BCUT2D eigenvalue weighted by Crippen LogP contribution is 1.99. The van der Waals surface area contributed by atoms with Gasteiger partial charge >= 0.3 is 5.30 Å². The van der Waals surface area contributed by atoms with E-state index in [-0.39, 0.29) is 0 Å². The highest BCUT2D eigenvalue weighted by atomic mass is 32.1. The van der Waals surface area contributed by atoms with E-state index in [4.69, 9.17) is 5.26 Å². The first-order valence-corrected chi connectivity index (χ1v) is 3.94. The van der Waals surface area contributed by atoms with Crippen LogP contribution in [-0.4, -0.2) is 11.9 Å². The Kier molecular flexibility index (Phi) is 6.95. The second kappa shape index (κ2) is 7.42. The average molecular weight is 173 g/mol. The molecule has 0 rings (SSSR count). The van der Waals surface area contributed by atoms with Gasteiger partial charge in [0.2, 0.25) is 0 Å². The van der Waals surface area contributed by atoms with Crippen LogP contribution in [0.3, 0.4) is 0 Å². The minimum Gasteiger partial charge on any atom is -0.458 e. The molecule has 0 atom stereocenters. The summed E-state index contributed by atoms with van der Waals surface area (Å²) in [4.78, 5) is 10.1. The van der Waals surface area contributed by atoms with E-state index in [0.717, 1.165) is 19.3 Å². The summed E-state index contributed by atoms with van der Waals surface area (Å²) >= 11 is 3.43. The second-order valence-electron chi connectivity index (χ2n) is 2.08. The quantitative estimate of drug-likeness (QED) is 0.393. The van der Waals surface area contributed by atoms with Crippen molar-refractivity contribution in [3.63, 3.8) is 0 Å². The Balaban J connectivity index is 2.92. The van der Waals surface area contributed by atoms with E-state index in [9.17, 15) is 4.79 Å². The summed E-state index contributed by atoms with van der Waals surface area (Å²) in [5.74, 6) is 0. The molecule has 0 unspecified atom stereocenters. The van der Waals surface area contributed by atoms with Crippen LogP contribution in [0, 0.1) is 11.3 Å². The predicted molar refractivity (Wildman–Crippen MR) is 44.4 cm³/mol. The maximum Gasteiger partial charge on any atom is 0.364 e. The third-order valence-electron chi connectivity index (χ3n) is 1.16. The third kappa shape index (κ3) is 9.31. The molecule has 0 N–H and O–H groups in total. The molecule has 0 aromatic carbocycles. The molecule has 0 aromatic rings. The zero-order valence-electron chi connectivity index (χ0n) is 6.25. The fraction of sp³-hybridized carbons (Fsp3) is 0.714. The molecule has 0 aliphatic heterocycles. The van der Waals surface area contributed by atoms with Crippen LogP contribution in [0.2, 0.25) is 0 Å². The monoisotopic (exact) mass is 173 g/mol. The summed E-state index contributed by atoms with van der Waals surface area (Å²) in [7, 11) is 0. The molecule has 0 saturated heterocycles. The topological polar surface area (TPSA) is 50.1 Å². The number of ether oxygens (including phenoxy) is 1. The molecule has 0 aliphatic carbocycles. The average Bonchev–Trinajstić information content (AvgIpc) is 1.96. The lowest BCUT2D eigenvalue weighted by molar-refractivity contribution is 0.173. The van der Waals surface area contributed by atoms with Crippen LogP contribution < -0.4 is 0 Å². The number of hydrogen-bond acceptors (Lipinski definition) is 3. The predicted octanol–water partition coefficient (Wildman–Crippen LogP) is 2.14. The third-order valence-corrected chi connectivity index (χ3v) is 1.29. The first-order valence-electron chi connectivity index (χ1n) is 3.50. The Morgan fingerprint density at radius 1 is 1.45 bits per heavy atom. The summed E-state index contributed by atoms with van der Waals surface area (Å²) in [6, 6.07) is 2.04. The first-order chi connectivity index (χ1) is 5.27. The number of hydrogen-bond donors (Lipinski definition) is 1. The number of thiol groups is 1. The molecular formula is C7H11NO2S. The molecule has 0 spiro atoms. The standard InChI is InChI=1S/C7H11NO2S/c8-5-3-1-2-4-6-10-7(9)11/h1-4,6H2,(H,9,11). The lowest BCUT2D eigenvalue weighted by Crippen LogP contribution is -1.95. The van der Waals surface area contributed by atoms with Gasteiger partial charge in [-0.15, -0.1) is 0 Å². The maximum atomic E-state index is 10.1. The molecule has 0 amide bonds. The van der Waals surface area contributed by atoms with E-state index in [1.165, 1.54) is 0 Å². The fourth-order valence-corrected chi connectivity index (χ4v) is 0.734.